The van der Waals surface area contributed by atoms with E-state index in [9.17, 15) is 22.8 Å². The van der Waals surface area contributed by atoms with Crippen molar-refractivity contribution in [1.29, 1.82) is 0 Å². The summed E-state index contributed by atoms with van der Waals surface area (Å²) in [5, 5.41) is 2.29. The third-order valence-corrected chi connectivity index (χ3v) is 5.47. The summed E-state index contributed by atoms with van der Waals surface area (Å²) in [4.78, 5) is 31.2. The Morgan fingerprint density at radius 1 is 1.17 bits per heavy atom. The van der Waals surface area contributed by atoms with Crippen molar-refractivity contribution < 1.29 is 22.8 Å². The average molecular weight is 435 g/mol. The number of halogens is 3. The Labute approximate surface area is 176 Å². The molecule has 30 heavy (non-hydrogen) atoms. The zero-order valence-corrected chi connectivity index (χ0v) is 17.0. The van der Waals surface area contributed by atoms with Gasteiger partial charge in [0.05, 0.1) is 11.3 Å². The van der Waals surface area contributed by atoms with E-state index >= 15 is 0 Å². The third-order valence-electron chi connectivity index (χ3n) is 4.29. The Morgan fingerprint density at radius 3 is 2.57 bits per heavy atom. The van der Waals surface area contributed by atoms with E-state index in [1.165, 1.54) is 23.9 Å². The van der Waals surface area contributed by atoms with Crippen molar-refractivity contribution >= 4 is 40.1 Å². The van der Waals surface area contributed by atoms with E-state index in [0.717, 1.165) is 18.6 Å². The van der Waals surface area contributed by atoms with Crippen molar-refractivity contribution in [1.82, 2.24) is 4.90 Å². The number of hydrogen-bond acceptors (Lipinski definition) is 4. The van der Waals surface area contributed by atoms with Crippen LogP contribution in [0.25, 0.3) is 0 Å². The van der Waals surface area contributed by atoms with Gasteiger partial charge >= 0.3 is 6.18 Å². The fourth-order valence-corrected chi connectivity index (χ4v) is 4.10. The molecule has 2 aromatic rings. The number of para-hydroxylation sites is 1. The summed E-state index contributed by atoms with van der Waals surface area (Å²) < 4.78 is 38.5. The van der Waals surface area contributed by atoms with Crippen LogP contribution in [0.3, 0.4) is 0 Å². The molecule has 1 unspecified atom stereocenters. The number of amides is 2. The largest absolute Gasteiger partial charge is 0.416 e. The Hall–Kier alpha value is -2.81. The highest BCUT2D eigenvalue weighted by atomic mass is 32.2. The molecule has 0 spiro atoms. The smallest absolute Gasteiger partial charge is 0.326 e. The average Bonchev–Trinajstić information content (AvgIpc) is 2.97. The van der Waals surface area contributed by atoms with E-state index in [1.54, 1.807) is 4.90 Å². The highest BCUT2D eigenvalue weighted by Gasteiger charge is 2.38. The fourth-order valence-electron chi connectivity index (χ4n) is 2.92. The quantitative estimate of drug-likeness (QED) is 0.689. The van der Waals surface area contributed by atoms with Gasteiger partial charge in [0, 0.05) is 18.7 Å². The second-order valence-electron chi connectivity index (χ2n) is 6.66. The van der Waals surface area contributed by atoms with E-state index in [0.29, 0.717) is 17.4 Å². The predicted molar refractivity (Wildman–Crippen MR) is 112 cm³/mol. The topological polar surface area (TPSA) is 61.8 Å². The molecule has 1 N–H and O–H groups in total. The SMILES string of the molecule is CCCN1C(=O)C(CC(=O)Nc2cccc(C(F)(F)F)c2)SC1=Nc1ccccc1. The lowest BCUT2D eigenvalue weighted by molar-refractivity contribution is -0.137. The molecule has 5 nitrogen and oxygen atoms in total. The van der Waals surface area contributed by atoms with Crippen LogP contribution in [0.4, 0.5) is 24.5 Å². The molecular formula is C21H20F3N3O2S. The van der Waals surface area contributed by atoms with Gasteiger partial charge in [-0.1, -0.05) is 43.0 Å². The van der Waals surface area contributed by atoms with Crippen LogP contribution >= 0.6 is 11.8 Å². The first-order valence-electron chi connectivity index (χ1n) is 9.37. The lowest BCUT2D eigenvalue weighted by atomic mass is 10.2. The first kappa shape index (κ1) is 21.9. The maximum atomic E-state index is 12.8. The van der Waals surface area contributed by atoms with E-state index in [-0.39, 0.29) is 18.0 Å². The minimum absolute atomic E-state index is 0.0360. The summed E-state index contributed by atoms with van der Waals surface area (Å²) >= 11 is 1.19. The summed E-state index contributed by atoms with van der Waals surface area (Å²) in [7, 11) is 0. The van der Waals surface area contributed by atoms with Crippen LogP contribution in [0.1, 0.15) is 25.3 Å². The number of nitrogens with one attached hydrogen (secondary N) is 1. The molecule has 1 saturated heterocycles. The van der Waals surface area contributed by atoms with Gasteiger partial charge in [-0.25, -0.2) is 4.99 Å². The number of thioether (sulfide) groups is 1. The lowest BCUT2D eigenvalue weighted by Crippen LogP contribution is -2.34. The summed E-state index contributed by atoms with van der Waals surface area (Å²) in [6.07, 6.45) is -3.93. The number of carbonyl (C=O) groups is 2. The first-order chi connectivity index (χ1) is 14.3. The molecular weight excluding hydrogens is 415 g/mol. The second kappa shape index (κ2) is 9.34. The maximum Gasteiger partial charge on any atom is 0.416 e. The van der Waals surface area contributed by atoms with Crippen LogP contribution in [0.2, 0.25) is 0 Å². The van der Waals surface area contributed by atoms with Gasteiger partial charge in [0.1, 0.15) is 5.25 Å². The molecule has 0 aromatic heterocycles. The zero-order chi connectivity index (χ0) is 21.7. The minimum atomic E-state index is -4.50. The van der Waals surface area contributed by atoms with Crippen LogP contribution in [0.5, 0.6) is 0 Å². The molecule has 9 heteroatoms. The molecule has 0 aliphatic carbocycles. The molecule has 1 aliphatic heterocycles. The van der Waals surface area contributed by atoms with Crippen molar-refractivity contribution in [3.05, 3.63) is 60.2 Å². The third kappa shape index (κ3) is 5.41. The predicted octanol–water partition coefficient (Wildman–Crippen LogP) is 5.08. The molecule has 0 saturated carbocycles. The number of alkyl halides is 3. The van der Waals surface area contributed by atoms with Gasteiger partial charge in [-0.2, -0.15) is 13.2 Å². The van der Waals surface area contributed by atoms with Crippen LogP contribution < -0.4 is 5.32 Å². The molecule has 1 aliphatic rings. The Kier molecular flexibility index (Phi) is 6.81. The Morgan fingerprint density at radius 2 is 1.90 bits per heavy atom. The van der Waals surface area contributed by atoms with Crippen LogP contribution in [0.15, 0.2) is 59.6 Å². The highest BCUT2D eigenvalue weighted by Crippen LogP contribution is 2.33. The number of anilines is 1. The van der Waals surface area contributed by atoms with Gasteiger partial charge in [0.2, 0.25) is 11.8 Å². The van der Waals surface area contributed by atoms with Crippen molar-refractivity contribution in [3.8, 4) is 0 Å². The second-order valence-corrected chi connectivity index (χ2v) is 7.83. The molecule has 0 radical (unpaired) electrons. The number of carbonyl (C=O) groups excluding carboxylic acids is 2. The monoisotopic (exact) mass is 435 g/mol. The van der Waals surface area contributed by atoms with Gasteiger partial charge in [0.25, 0.3) is 0 Å². The van der Waals surface area contributed by atoms with Crippen molar-refractivity contribution in [2.45, 2.75) is 31.2 Å². The molecule has 158 valence electrons. The minimum Gasteiger partial charge on any atom is -0.326 e. The lowest BCUT2D eigenvalue weighted by Gasteiger charge is -2.15. The molecule has 1 fully saturated rings. The first-order valence-corrected chi connectivity index (χ1v) is 10.2. The van der Waals surface area contributed by atoms with Crippen molar-refractivity contribution in [2.75, 3.05) is 11.9 Å². The fraction of sp³-hybridized carbons (Fsp3) is 0.286. The highest BCUT2D eigenvalue weighted by molar-refractivity contribution is 8.15. The standard InChI is InChI=1S/C21H20F3N3O2S/c1-2-11-27-19(29)17(30-20(27)26-15-8-4-3-5-9-15)13-18(28)25-16-10-6-7-14(12-16)21(22,23)24/h3-10,12,17H,2,11,13H2,1H3,(H,25,28). The molecule has 2 amide bonds. The summed E-state index contributed by atoms with van der Waals surface area (Å²) in [5.41, 5.74) is -0.116. The van der Waals surface area contributed by atoms with E-state index in [4.69, 9.17) is 0 Å². The summed E-state index contributed by atoms with van der Waals surface area (Å²) in [6.45, 7) is 2.41. The Bertz CT molecular complexity index is 948. The van der Waals surface area contributed by atoms with Crippen LogP contribution in [-0.2, 0) is 15.8 Å². The molecule has 3 rings (SSSR count). The molecule has 2 aromatic carbocycles. The molecule has 0 bridgehead atoms. The van der Waals surface area contributed by atoms with Gasteiger partial charge in [-0.05, 0) is 36.8 Å². The number of aliphatic imine (C=N–C) groups is 1. The summed E-state index contributed by atoms with van der Waals surface area (Å²) in [5.74, 6) is -0.756. The molecule has 1 atom stereocenters. The van der Waals surface area contributed by atoms with Crippen LogP contribution in [-0.4, -0.2) is 33.7 Å². The van der Waals surface area contributed by atoms with Gasteiger partial charge in [0.15, 0.2) is 5.17 Å². The Balaban J connectivity index is 1.71. The van der Waals surface area contributed by atoms with Crippen LogP contribution in [0, 0.1) is 0 Å². The number of hydrogen-bond donors (Lipinski definition) is 1. The molecule has 1 heterocycles. The van der Waals surface area contributed by atoms with Gasteiger partial charge < -0.3 is 5.32 Å². The van der Waals surface area contributed by atoms with E-state index in [2.05, 4.69) is 10.3 Å². The van der Waals surface area contributed by atoms with Crippen molar-refractivity contribution in [2.24, 2.45) is 4.99 Å². The maximum absolute atomic E-state index is 12.8. The van der Waals surface area contributed by atoms with E-state index < -0.39 is 22.9 Å². The number of nitrogens with zero attached hydrogens (tertiary/aromatic N) is 2. The summed E-state index contributed by atoms with van der Waals surface area (Å²) in [6, 6.07) is 13.6. The zero-order valence-electron chi connectivity index (χ0n) is 16.1. The normalized spacial score (nSPS) is 18.1. The number of amidine groups is 1. The van der Waals surface area contributed by atoms with Gasteiger partial charge in [-0.15, -0.1) is 0 Å². The van der Waals surface area contributed by atoms with Gasteiger partial charge in [-0.3, -0.25) is 14.5 Å². The number of rotatable bonds is 6. The van der Waals surface area contributed by atoms with Crippen molar-refractivity contribution in [3.63, 3.8) is 0 Å². The number of benzene rings is 2. The van der Waals surface area contributed by atoms with E-state index in [1.807, 2.05) is 37.3 Å².